The van der Waals surface area contributed by atoms with Crippen LogP contribution in [0.5, 0.6) is 0 Å². The van der Waals surface area contributed by atoms with Crippen LogP contribution in [0.15, 0.2) is 53.6 Å². The lowest BCUT2D eigenvalue weighted by molar-refractivity contribution is -0.149. The first-order valence-electron chi connectivity index (χ1n) is 11.9. The molecule has 0 radical (unpaired) electrons. The second kappa shape index (κ2) is 10.3. The highest BCUT2D eigenvalue weighted by Crippen LogP contribution is 2.33. The van der Waals surface area contributed by atoms with Crippen LogP contribution in [0.1, 0.15) is 54.5 Å². The average Bonchev–Trinajstić information content (AvgIpc) is 3.26. The number of carbonyl (C=O) groups excluding carboxylic acids is 2. The number of likely N-dealkylation sites (tertiary alicyclic amines) is 1. The van der Waals surface area contributed by atoms with Crippen LogP contribution >= 0.6 is 0 Å². The fourth-order valence-electron chi connectivity index (χ4n) is 4.56. The normalized spacial score (nSPS) is 19.4. The molecule has 0 spiro atoms. The number of amides is 1. The second-order valence-electron chi connectivity index (χ2n) is 9.08. The van der Waals surface area contributed by atoms with Gasteiger partial charge < -0.3 is 4.74 Å². The van der Waals surface area contributed by atoms with E-state index in [1.54, 1.807) is 5.01 Å². The Bertz CT molecular complexity index is 1010. The SMILES string of the molecule is CCOC(=O)C1CCN(CC(=O)N2N=C(c3ccc(C)cc3)C[C@H]2c2ccc(C)cc2)CC1. The summed E-state index contributed by atoms with van der Waals surface area (Å²) in [6.45, 7) is 8.11. The summed E-state index contributed by atoms with van der Waals surface area (Å²) in [5.41, 5.74) is 5.49. The Morgan fingerprint density at radius 1 is 0.970 bits per heavy atom. The summed E-state index contributed by atoms with van der Waals surface area (Å²) in [5.74, 6) is -0.179. The van der Waals surface area contributed by atoms with Crippen LogP contribution in [0.3, 0.4) is 0 Å². The van der Waals surface area contributed by atoms with Crippen LogP contribution in [0.2, 0.25) is 0 Å². The summed E-state index contributed by atoms with van der Waals surface area (Å²) < 4.78 is 5.16. The van der Waals surface area contributed by atoms with Crippen LogP contribution in [-0.2, 0) is 14.3 Å². The molecule has 33 heavy (non-hydrogen) atoms. The molecule has 0 saturated carbocycles. The van der Waals surface area contributed by atoms with E-state index in [9.17, 15) is 9.59 Å². The minimum Gasteiger partial charge on any atom is -0.466 e. The zero-order valence-corrected chi connectivity index (χ0v) is 19.8. The molecule has 1 atom stereocenters. The minimum atomic E-state index is -0.116. The van der Waals surface area contributed by atoms with E-state index in [4.69, 9.17) is 9.84 Å². The Morgan fingerprint density at radius 3 is 2.18 bits per heavy atom. The molecule has 2 aromatic rings. The first-order chi connectivity index (χ1) is 15.9. The molecule has 1 amide bonds. The molecule has 2 aliphatic rings. The number of piperidine rings is 1. The van der Waals surface area contributed by atoms with Crippen molar-refractivity contribution in [1.29, 1.82) is 0 Å². The predicted molar refractivity (Wildman–Crippen MR) is 129 cm³/mol. The molecule has 2 aromatic carbocycles. The van der Waals surface area contributed by atoms with Crippen molar-refractivity contribution in [2.75, 3.05) is 26.2 Å². The Balaban J connectivity index is 1.48. The van der Waals surface area contributed by atoms with Gasteiger partial charge in [0.2, 0.25) is 0 Å². The van der Waals surface area contributed by atoms with Gasteiger partial charge in [0.25, 0.3) is 5.91 Å². The second-order valence-corrected chi connectivity index (χ2v) is 9.08. The minimum absolute atomic E-state index is 0.00253. The fraction of sp³-hybridized carbons (Fsp3) is 0.444. The number of carbonyl (C=O) groups is 2. The van der Waals surface area contributed by atoms with Crippen molar-refractivity contribution in [1.82, 2.24) is 9.91 Å². The Labute approximate surface area is 196 Å². The van der Waals surface area contributed by atoms with Gasteiger partial charge >= 0.3 is 5.97 Å². The number of hydrazone groups is 1. The number of ether oxygens (including phenoxy) is 1. The van der Waals surface area contributed by atoms with Gasteiger partial charge in [-0.15, -0.1) is 0 Å². The zero-order valence-electron chi connectivity index (χ0n) is 19.8. The van der Waals surface area contributed by atoms with E-state index in [-0.39, 0.29) is 23.8 Å². The van der Waals surface area contributed by atoms with Crippen molar-refractivity contribution in [2.24, 2.45) is 11.0 Å². The number of aryl methyl sites for hydroxylation is 2. The van der Waals surface area contributed by atoms with Crippen molar-refractivity contribution in [3.63, 3.8) is 0 Å². The lowest BCUT2D eigenvalue weighted by atomic mass is 9.96. The quantitative estimate of drug-likeness (QED) is 0.621. The van der Waals surface area contributed by atoms with Crippen LogP contribution < -0.4 is 0 Å². The molecule has 1 fully saturated rings. The molecule has 174 valence electrons. The molecule has 6 nitrogen and oxygen atoms in total. The molecule has 0 aliphatic carbocycles. The lowest BCUT2D eigenvalue weighted by Crippen LogP contribution is -2.43. The Morgan fingerprint density at radius 2 is 1.58 bits per heavy atom. The van der Waals surface area contributed by atoms with Crippen molar-refractivity contribution < 1.29 is 14.3 Å². The Kier molecular flexibility index (Phi) is 7.23. The first kappa shape index (κ1) is 23.2. The third kappa shape index (κ3) is 5.50. The fourth-order valence-corrected chi connectivity index (χ4v) is 4.56. The van der Waals surface area contributed by atoms with E-state index < -0.39 is 0 Å². The van der Waals surface area contributed by atoms with E-state index in [1.165, 1.54) is 11.1 Å². The summed E-state index contributed by atoms with van der Waals surface area (Å²) in [7, 11) is 0. The monoisotopic (exact) mass is 447 g/mol. The molecule has 0 unspecified atom stereocenters. The van der Waals surface area contributed by atoms with Crippen molar-refractivity contribution in [3.05, 3.63) is 70.8 Å². The highest BCUT2D eigenvalue weighted by molar-refractivity contribution is 6.03. The van der Waals surface area contributed by atoms with Crippen LogP contribution in [0.25, 0.3) is 0 Å². The van der Waals surface area contributed by atoms with E-state index in [0.29, 0.717) is 32.7 Å². The molecule has 0 bridgehead atoms. The topological polar surface area (TPSA) is 62.2 Å². The summed E-state index contributed by atoms with van der Waals surface area (Å²) in [4.78, 5) is 27.5. The van der Waals surface area contributed by atoms with E-state index >= 15 is 0 Å². The highest BCUT2D eigenvalue weighted by atomic mass is 16.5. The number of benzene rings is 2. The van der Waals surface area contributed by atoms with Gasteiger partial charge in [-0.2, -0.15) is 5.10 Å². The maximum Gasteiger partial charge on any atom is 0.309 e. The van der Waals surface area contributed by atoms with Crippen LogP contribution in [-0.4, -0.2) is 53.7 Å². The molecule has 1 saturated heterocycles. The third-order valence-corrected chi connectivity index (χ3v) is 6.58. The molecule has 0 aromatic heterocycles. The van der Waals surface area contributed by atoms with Gasteiger partial charge in [0.05, 0.1) is 30.8 Å². The maximum atomic E-state index is 13.4. The highest BCUT2D eigenvalue weighted by Gasteiger charge is 2.35. The lowest BCUT2D eigenvalue weighted by Gasteiger charge is -2.32. The molecule has 2 aliphatic heterocycles. The average molecular weight is 448 g/mol. The largest absolute Gasteiger partial charge is 0.466 e. The Hall–Kier alpha value is -2.99. The number of hydrogen-bond donors (Lipinski definition) is 0. The van der Waals surface area contributed by atoms with Gasteiger partial charge in [0.1, 0.15) is 0 Å². The van der Waals surface area contributed by atoms with E-state index in [0.717, 1.165) is 29.7 Å². The van der Waals surface area contributed by atoms with E-state index in [1.807, 2.05) is 6.92 Å². The van der Waals surface area contributed by atoms with Gasteiger partial charge in [0, 0.05) is 6.42 Å². The van der Waals surface area contributed by atoms with E-state index in [2.05, 4.69) is 67.3 Å². The van der Waals surface area contributed by atoms with Crippen LogP contribution in [0.4, 0.5) is 0 Å². The standard InChI is InChI=1S/C27H33N3O3/c1-4-33-27(32)23-13-15-29(16-14-23)18-26(31)30-25(22-11-7-20(3)8-12-22)17-24(28-30)21-9-5-19(2)6-10-21/h5-12,23,25H,4,13-18H2,1-3H3/t25-/m0/s1. The van der Waals surface area contributed by atoms with Gasteiger partial charge in [0.15, 0.2) is 0 Å². The summed E-state index contributed by atoms with van der Waals surface area (Å²) in [5, 5.41) is 6.48. The molecule has 4 rings (SSSR count). The predicted octanol–water partition coefficient (Wildman–Crippen LogP) is 4.26. The van der Waals surface area contributed by atoms with Gasteiger partial charge in [-0.3, -0.25) is 14.5 Å². The van der Waals surface area contributed by atoms with Crippen molar-refractivity contribution in [3.8, 4) is 0 Å². The molecular weight excluding hydrogens is 414 g/mol. The third-order valence-electron chi connectivity index (χ3n) is 6.58. The first-order valence-corrected chi connectivity index (χ1v) is 11.9. The molecule has 6 heteroatoms. The number of nitrogens with zero attached hydrogens (tertiary/aromatic N) is 3. The van der Waals surface area contributed by atoms with Gasteiger partial charge in [-0.1, -0.05) is 59.7 Å². The smallest absolute Gasteiger partial charge is 0.309 e. The van der Waals surface area contributed by atoms with Crippen LogP contribution in [0, 0.1) is 19.8 Å². The maximum absolute atomic E-state index is 13.4. The molecular formula is C27H33N3O3. The summed E-state index contributed by atoms with van der Waals surface area (Å²) >= 11 is 0. The molecule has 2 heterocycles. The number of rotatable bonds is 6. The summed E-state index contributed by atoms with van der Waals surface area (Å²) in [6.07, 6.45) is 2.15. The van der Waals surface area contributed by atoms with Crippen molar-refractivity contribution in [2.45, 2.75) is 46.1 Å². The number of hydrogen-bond acceptors (Lipinski definition) is 5. The van der Waals surface area contributed by atoms with Crippen molar-refractivity contribution >= 4 is 17.6 Å². The summed E-state index contributed by atoms with van der Waals surface area (Å²) in [6, 6.07) is 16.6. The molecule has 0 N–H and O–H groups in total. The van der Waals surface area contributed by atoms with Gasteiger partial charge in [-0.25, -0.2) is 5.01 Å². The zero-order chi connectivity index (χ0) is 23.4. The van der Waals surface area contributed by atoms with Gasteiger partial charge in [-0.05, 0) is 57.8 Å². The number of esters is 1.